The third-order valence-electron chi connectivity index (χ3n) is 1.53. The number of hydrogen-bond donors (Lipinski definition) is 1. The molecule has 0 fully saturated rings. The van der Waals surface area contributed by atoms with Gasteiger partial charge in [-0.25, -0.2) is 13.4 Å². The Morgan fingerprint density at radius 3 is 2.54 bits per heavy atom. The lowest BCUT2D eigenvalue weighted by atomic mass is 10.4. The first-order valence-electron chi connectivity index (χ1n) is 3.76. The highest BCUT2D eigenvalue weighted by atomic mass is 32.2. The molecule has 0 unspecified atom stereocenters. The van der Waals surface area contributed by atoms with Gasteiger partial charge in [0.15, 0.2) is 0 Å². The normalized spacial score (nSPS) is 11.9. The molecule has 1 aromatic rings. The molecule has 0 saturated carbocycles. The molecule has 13 heavy (non-hydrogen) atoms. The second kappa shape index (κ2) is 3.73. The summed E-state index contributed by atoms with van der Waals surface area (Å²) >= 11 is 1.23. The Morgan fingerprint density at radius 1 is 1.54 bits per heavy atom. The van der Waals surface area contributed by atoms with Crippen molar-refractivity contribution in [3.63, 3.8) is 0 Å². The largest absolute Gasteiger partial charge is 0.315 e. The quantitative estimate of drug-likeness (QED) is 0.809. The van der Waals surface area contributed by atoms with Crippen LogP contribution in [0.5, 0.6) is 0 Å². The van der Waals surface area contributed by atoms with Crippen molar-refractivity contribution < 1.29 is 8.42 Å². The second-order valence-electron chi connectivity index (χ2n) is 2.79. The maximum atomic E-state index is 11.1. The molecule has 4 nitrogen and oxygen atoms in total. The Labute approximate surface area is 81.9 Å². The van der Waals surface area contributed by atoms with Crippen LogP contribution in [0.25, 0.3) is 0 Å². The van der Waals surface area contributed by atoms with E-state index in [4.69, 9.17) is 0 Å². The minimum atomic E-state index is -3.14. The molecule has 0 amide bonds. The monoisotopic (exact) mass is 220 g/mol. The van der Waals surface area contributed by atoms with Gasteiger partial charge in [-0.1, -0.05) is 0 Å². The van der Waals surface area contributed by atoms with Crippen molar-refractivity contribution in [1.29, 1.82) is 0 Å². The van der Waals surface area contributed by atoms with Crippen molar-refractivity contribution in [2.24, 2.45) is 0 Å². The van der Waals surface area contributed by atoms with Crippen LogP contribution in [0.1, 0.15) is 10.6 Å². The number of aryl methyl sites for hydroxylation is 1. The topological polar surface area (TPSA) is 59.1 Å². The first-order chi connectivity index (χ1) is 5.95. The zero-order valence-corrected chi connectivity index (χ0v) is 9.42. The van der Waals surface area contributed by atoms with E-state index in [1.54, 1.807) is 0 Å². The van der Waals surface area contributed by atoms with Crippen LogP contribution < -0.4 is 5.32 Å². The molecule has 1 N–H and O–H groups in total. The molecule has 0 aliphatic rings. The van der Waals surface area contributed by atoms with Crippen LogP contribution >= 0.6 is 11.3 Å². The van der Waals surface area contributed by atoms with Crippen LogP contribution in [0, 0.1) is 6.92 Å². The maximum absolute atomic E-state index is 11.1. The molecule has 0 atom stereocenters. The minimum absolute atomic E-state index is 0.204. The summed E-state index contributed by atoms with van der Waals surface area (Å²) in [6, 6.07) is 0. The smallest absolute Gasteiger partial charge is 0.209 e. The zero-order chi connectivity index (χ0) is 10.1. The number of hydrogen-bond acceptors (Lipinski definition) is 5. The van der Waals surface area contributed by atoms with Crippen LogP contribution in [0.4, 0.5) is 0 Å². The standard InChI is InChI=1S/C7H12N2O2S2/c1-5-6(4-8-2)12-7(9-5)13(3,10)11/h8H,4H2,1-3H3. The lowest BCUT2D eigenvalue weighted by Crippen LogP contribution is -2.04. The molecule has 1 heterocycles. The summed E-state index contributed by atoms with van der Waals surface area (Å²) < 4.78 is 22.5. The molecular formula is C7H12N2O2S2. The van der Waals surface area contributed by atoms with Gasteiger partial charge < -0.3 is 5.32 Å². The Morgan fingerprint density at radius 2 is 2.15 bits per heavy atom. The summed E-state index contributed by atoms with van der Waals surface area (Å²) in [5, 5.41) is 2.97. The summed E-state index contributed by atoms with van der Waals surface area (Å²) in [5.41, 5.74) is 0.791. The highest BCUT2D eigenvalue weighted by Crippen LogP contribution is 2.21. The summed E-state index contributed by atoms with van der Waals surface area (Å²) in [5.74, 6) is 0. The number of thiazole rings is 1. The third kappa shape index (κ3) is 2.49. The predicted octanol–water partition coefficient (Wildman–Crippen LogP) is 0.574. The summed E-state index contributed by atoms with van der Waals surface area (Å²) in [6.07, 6.45) is 1.18. The molecule has 0 aliphatic carbocycles. The van der Waals surface area contributed by atoms with Gasteiger partial charge in [0.25, 0.3) is 0 Å². The average molecular weight is 220 g/mol. The maximum Gasteiger partial charge on any atom is 0.209 e. The van der Waals surface area contributed by atoms with E-state index in [9.17, 15) is 8.42 Å². The minimum Gasteiger partial charge on any atom is -0.315 e. The second-order valence-corrected chi connectivity index (χ2v) is 6.06. The zero-order valence-electron chi connectivity index (χ0n) is 7.79. The molecule has 0 bridgehead atoms. The number of nitrogens with one attached hydrogen (secondary N) is 1. The fourth-order valence-electron chi connectivity index (χ4n) is 0.885. The number of aromatic nitrogens is 1. The molecule has 0 aromatic carbocycles. The molecule has 0 aliphatic heterocycles. The van der Waals surface area contributed by atoms with Crippen molar-refractivity contribution in [2.45, 2.75) is 17.8 Å². The molecule has 0 saturated heterocycles. The van der Waals surface area contributed by atoms with Crippen LogP contribution in [0.2, 0.25) is 0 Å². The first kappa shape index (κ1) is 10.6. The molecule has 0 radical (unpaired) electrons. The number of sulfone groups is 1. The number of rotatable bonds is 3. The SMILES string of the molecule is CNCc1sc(S(C)(=O)=O)nc1C. The van der Waals surface area contributed by atoms with Crippen LogP contribution in [0.3, 0.4) is 0 Å². The van der Waals surface area contributed by atoms with Gasteiger partial charge in [-0.05, 0) is 14.0 Å². The molecule has 74 valence electrons. The Balaban J connectivity index is 3.09. The van der Waals surface area contributed by atoms with Crippen molar-refractivity contribution >= 4 is 21.2 Å². The van der Waals surface area contributed by atoms with E-state index >= 15 is 0 Å². The lowest BCUT2D eigenvalue weighted by Gasteiger charge is -1.93. The van der Waals surface area contributed by atoms with Crippen molar-refractivity contribution in [3.05, 3.63) is 10.6 Å². The van der Waals surface area contributed by atoms with Gasteiger partial charge in [0.1, 0.15) is 0 Å². The van der Waals surface area contributed by atoms with Crippen molar-refractivity contribution in [3.8, 4) is 0 Å². The molecular weight excluding hydrogens is 208 g/mol. The van der Waals surface area contributed by atoms with Gasteiger partial charge in [0.2, 0.25) is 14.2 Å². The van der Waals surface area contributed by atoms with E-state index in [1.165, 1.54) is 17.6 Å². The molecule has 6 heteroatoms. The Hall–Kier alpha value is -0.460. The van der Waals surface area contributed by atoms with E-state index in [0.29, 0.717) is 6.54 Å². The van der Waals surface area contributed by atoms with Crippen molar-refractivity contribution in [1.82, 2.24) is 10.3 Å². The first-order valence-corrected chi connectivity index (χ1v) is 6.47. The molecule has 1 aromatic heterocycles. The van der Waals surface area contributed by atoms with E-state index in [-0.39, 0.29) is 4.34 Å². The van der Waals surface area contributed by atoms with Crippen LogP contribution in [-0.4, -0.2) is 26.7 Å². The highest BCUT2D eigenvalue weighted by molar-refractivity contribution is 7.92. The summed E-state index contributed by atoms with van der Waals surface area (Å²) in [6.45, 7) is 2.48. The average Bonchev–Trinajstić information content (AvgIpc) is 2.32. The Bertz CT molecular complexity index is 395. The van der Waals surface area contributed by atoms with Crippen LogP contribution in [-0.2, 0) is 16.4 Å². The molecule has 0 spiro atoms. The van der Waals surface area contributed by atoms with Gasteiger partial charge >= 0.3 is 0 Å². The van der Waals surface area contributed by atoms with Gasteiger partial charge in [-0.3, -0.25) is 0 Å². The van der Waals surface area contributed by atoms with E-state index in [1.807, 2.05) is 14.0 Å². The number of nitrogens with zero attached hydrogens (tertiary/aromatic N) is 1. The summed E-state index contributed by atoms with van der Waals surface area (Å²) in [4.78, 5) is 4.97. The fourth-order valence-corrected chi connectivity index (χ4v) is 2.90. The van der Waals surface area contributed by atoms with E-state index < -0.39 is 9.84 Å². The highest BCUT2D eigenvalue weighted by Gasteiger charge is 2.14. The Kier molecular flexibility index (Phi) is 3.05. The third-order valence-corrected chi connectivity index (χ3v) is 4.36. The van der Waals surface area contributed by atoms with E-state index in [2.05, 4.69) is 10.3 Å². The van der Waals surface area contributed by atoms with E-state index in [0.717, 1.165) is 10.6 Å². The molecule has 1 rings (SSSR count). The fraction of sp³-hybridized carbons (Fsp3) is 0.571. The van der Waals surface area contributed by atoms with Gasteiger partial charge in [-0.15, -0.1) is 11.3 Å². The van der Waals surface area contributed by atoms with Crippen molar-refractivity contribution in [2.75, 3.05) is 13.3 Å². The predicted molar refractivity (Wildman–Crippen MR) is 52.7 cm³/mol. The van der Waals surface area contributed by atoms with Gasteiger partial charge in [0.05, 0.1) is 5.69 Å². The van der Waals surface area contributed by atoms with Gasteiger partial charge in [0, 0.05) is 17.7 Å². The lowest BCUT2D eigenvalue weighted by molar-refractivity contribution is 0.601. The summed E-state index contributed by atoms with van der Waals surface area (Å²) in [7, 11) is -1.32. The van der Waals surface area contributed by atoms with Gasteiger partial charge in [-0.2, -0.15) is 0 Å². The van der Waals surface area contributed by atoms with Crippen LogP contribution in [0.15, 0.2) is 4.34 Å².